The Morgan fingerprint density at radius 1 is 1.09 bits per heavy atom. The summed E-state index contributed by atoms with van der Waals surface area (Å²) in [6.07, 6.45) is 10.1. The molecule has 2 unspecified atom stereocenters. The Kier molecular flexibility index (Phi) is 15.7. The van der Waals surface area contributed by atoms with E-state index in [-0.39, 0.29) is 6.04 Å². The van der Waals surface area contributed by atoms with Crippen molar-refractivity contribution in [3.8, 4) is 11.8 Å². The highest BCUT2D eigenvalue weighted by molar-refractivity contribution is 5.70. The maximum absolute atomic E-state index is 5.86. The molecule has 45 heavy (non-hydrogen) atoms. The second-order valence-corrected chi connectivity index (χ2v) is 13.3. The second-order valence-electron chi connectivity index (χ2n) is 13.3. The van der Waals surface area contributed by atoms with Crippen LogP contribution in [0.5, 0.6) is 0 Å². The van der Waals surface area contributed by atoms with E-state index in [9.17, 15) is 0 Å². The first-order valence-corrected chi connectivity index (χ1v) is 17.7. The summed E-state index contributed by atoms with van der Waals surface area (Å²) in [5.74, 6) is 9.48. The molecular formula is C37H63N7O. The number of nitrogens with one attached hydrogen (secondary N) is 1. The van der Waals surface area contributed by atoms with Gasteiger partial charge in [0.2, 0.25) is 5.95 Å². The lowest BCUT2D eigenvalue weighted by atomic mass is 10.1. The molecule has 2 fully saturated rings. The lowest BCUT2D eigenvalue weighted by Crippen LogP contribution is -2.32. The Hall–Kier alpha value is -2.60. The molecule has 0 radical (unpaired) electrons. The van der Waals surface area contributed by atoms with Gasteiger partial charge in [-0.05, 0) is 97.6 Å². The van der Waals surface area contributed by atoms with E-state index in [1.807, 2.05) is 6.08 Å². The van der Waals surface area contributed by atoms with Crippen LogP contribution in [0.2, 0.25) is 0 Å². The number of hydrogen-bond acceptors (Lipinski definition) is 8. The number of nitrogens with zero attached hydrogens (tertiary/aromatic N) is 6. The van der Waals surface area contributed by atoms with Gasteiger partial charge in [0.1, 0.15) is 11.6 Å². The van der Waals surface area contributed by atoms with Gasteiger partial charge in [-0.25, -0.2) is 4.98 Å². The van der Waals surface area contributed by atoms with E-state index >= 15 is 0 Å². The Bertz CT molecular complexity index is 1150. The van der Waals surface area contributed by atoms with Crippen molar-refractivity contribution in [3.63, 3.8) is 0 Å². The topological polar surface area (TPSA) is 60.0 Å². The fourth-order valence-electron chi connectivity index (χ4n) is 6.10. The maximum Gasteiger partial charge on any atom is 0.227 e. The minimum Gasteiger partial charge on any atom is -0.495 e. The van der Waals surface area contributed by atoms with Crippen LogP contribution in [0, 0.1) is 24.7 Å². The minimum atomic E-state index is 0.263. The molecule has 1 saturated heterocycles. The number of methoxy groups -OCH3 is 1. The molecule has 0 bridgehead atoms. The van der Waals surface area contributed by atoms with Gasteiger partial charge in [0.25, 0.3) is 0 Å². The van der Waals surface area contributed by atoms with Crippen LogP contribution < -0.4 is 10.2 Å². The summed E-state index contributed by atoms with van der Waals surface area (Å²) in [5.41, 5.74) is 2.55. The average molecular weight is 622 g/mol. The maximum atomic E-state index is 5.86. The summed E-state index contributed by atoms with van der Waals surface area (Å²) < 4.78 is 5.86. The first-order chi connectivity index (χ1) is 21.7. The van der Waals surface area contributed by atoms with E-state index in [1.165, 1.54) is 32.2 Å². The summed E-state index contributed by atoms with van der Waals surface area (Å²) in [6.45, 7) is 27.2. The van der Waals surface area contributed by atoms with Crippen LogP contribution in [0.15, 0.2) is 17.9 Å². The summed E-state index contributed by atoms with van der Waals surface area (Å²) in [6, 6.07) is 1.05. The molecular weight excluding hydrogens is 558 g/mol. The van der Waals surface area contributed by atoms with Crippen LogP contribution in [0.25, 0.3) is 6.08 Å². The quantitative estimate of drug-likeness (QED) is 0.117. The zero-order chi connectivity index (χ0) is 32.8. The van der Waals surface area contributed by atoms with E-state index in [1.54, 1.807) is 7.11 Å². The van der Waals surface area contributed by atoms with Crippen LogP contribution in [-0.4, -0.2) is 110 Å². The molecule has 1 aliphatic heterocycles. The third-order valence-electron chi connectivity index (χ3n) is 8.97. The van der Waals surface area contributed by atoms with Crippen LogP contribution in [0.4, 0.5) is 11.8 Å². The van der Waals surface area contributed by atoms with Crippen LogP contribution in [-0.2, 0) is 4.74 Å². The number of aryl methyl sites for hydroxylation is 1. The third kappa shape index (κ3) is 12.3. The summed E-state index contributed by atoms with van der Waals surface area (Å²) in [7, 11) is 3.88. The largest absolute Gasteiger partial charge is 0.495 e. The number of likely N-dealkylation sites (N-methyl/N-ethyl adjacent to an activating group) is 1. The normalized spacial score (nSPS) is 17.6. The number of rotatable bonds is 18. The second kappa shape index (κ2) is 19.2. The zero-order valence-corrected chi connectivity index (χ0v) is 29.9. The Labute approximate surface area is 275 Å². The number of ether oxygens (including phenoxy) is 1. The molecule has 0 aromatic carbocycles. The van der Waals surface area contributed by atoms with Crippen LogP contribution >= 0.6 is 0 Å². The highest BCUT2D eigenvalue weighted by Gasteiger charge is 2.28. The lowest BCUT2D eigenvalue weighted by molar-refractivity contribution is 0.251. The van der Waals surface area contributed by atoms with Gasteiger partial charge in [0.05, 0.1) is 18.4 Å². The van der Waals surface area contributed by atoms with E-state index in [0.29, 0.717) is 17.3 Å². The number of hydrogen-bond donors (Lipinski definition) is 1. The van der Waals surface area contributed by atoms with Crippen molar-refractivity contribution in [2.75, 3.05) is 83.3 Å². The molecule has 1 aromatic rings. The Balaban J connectivity index is 1.82. The molecule has 8 heteroatoms. The highest BCUT2D eigenvalue weighted by atomic mass is 16.5. The van der Waals surface area contributed by atoms with Gasteiger partial charge in [-0.15, -0.1) is 0 Å². The molecule has 0 spiro atoms. The van der Waals surface area contributed by atoms with Crippen molar-refractivity contribution in [3.05, 3.63) is 29.2 Å². The van der Waals surface area contributed by atoms with Gasteiger partial charge in [-0.3, -0.25) is 0 Å². The first-order valence-electron chi connectivity index (χ1n) is 17.7. The zero-order valence-electron chi connectivity index (χ0n) is 29.9. The first kappa shape index (κ1) is 36.9. The summed E-state index contributed by atoms with van der Waals surface area (Å²) in [4.78, 5) is 20.1. The van der Waals surface area contributed by atoms with Crippen molar-refractivity contribution in [1.82, 2.24) is 24.7 Å². The monoisotopic (exact) mass is 622 g/mol. The number of aromatic nitrogens is 2. The average Bonchev–Trinajstić information content (AvgIpc) is 3.87. The van der Waals surface area contributed by atoms with Gasteiger partial charge in [0.15, 0.2) is 0 Å². The Morgan fingerprint density at radius 2 is 1.84 bits per heavy atom. The van der Waals surface area contributed by atoms with E-state index < -0.39 is 0 Å². The summed E-state index contributed by atoms with van der Waals surface area (Å²) in [5, 5.41) is 3.79. The van der Waals surface area contributed by atoms with Crippen LogP contribution in [0.3, 0.4) is 0 Å². The molecule has 3 rings (SSSR count). The SMILES string of the molecule is C=C(C#CCC(C)CN(CC)CCC)/C(=C\c1c(C)nc(N2CCCN(C)CC2)nc1NC(C)CCN(CCC)C1CC1)OC. The predicted octanol–water partition coefficient (Wildman–Crippen LogP) is 6.30. The predicted molar refractivity (Wildman–Crippen MR) is 192 cm³/mol. The van der Waals surface area contributed by atoms with Crippen molar-refractivity contribution in [1.29, 1.82) is 0 Å². The standard InChI is InChI=1S/C37H63N7O/c1-10-20-42(12-3)28-29(4)15-13-16-30(5)35(45-9)27-34-32(7)39-37(44-23-14-22-41(8)25-26-44)40-36(34)38-31(6)19-24-43(21-11-2)33-17-18-33/h27,29,31,33H,5,10-12,14-15,17-26,28H2,1-4,6-9H3,(H,38,39,40)/b35-27+. The lowest BCUT2D eigenvalue weighted by Gasteiger charge is -2.26. The van der Waals surface area contributed by atoms with Crippen LogP contribution in [0.1, 0.15) is 90.8 Å². The van der Waals surface area contributed by atoms with E-state index in [0.717, 1.165) is 101 Å². The van der Waals surface area contributed by atoms with Gasteiger partial charge < -0.3 is 29.7 Å². The van der Waals surface area contributed by atoms with Crippen molar-refractivity contribution < 1.29 is 4.74 Å². The van der Waals surface area contributed by atoms with Crippen molar-refractivity contribution in [2.24, 2.45) is 5.92 Å². The van der Waals surface area contributed by atoms with Gasteiger partial charge >= 0.3 is 0 Å². The molecule has 1 aliphatic carbocycles. The summed E-state index contributed by atoms with van der Waals surface area (Å²) >= 11 is 0. The number of allylic oxidation sites excluding steroid dienone is 1. The molecule has 252 valence electrons. The fourth-order valence-corrected chi connectivity index (χ4v) is 6.10. The van der Waals surface area contributed by atoms with E-state index in [4.69, 9.17) is 14.7 Å². The fraction of sp³-hybridized carbons (Fsp3) is 0.730. The molecule has 0 amide bonds. The van der Waals surface area contributed by atoms with Gasteiger partial charge in [-0.2, -0.15) is 4.98 Å². The van der Waals surface area contributed by atoms with Crippen molar-refractivity contribution in [2.45, 2.75) is 98.6 Å². The minimum absolute atomic E-state index is 0.263. The molecule has 1 aromatic heterocycles. The Morgan fingerprint density at radius 3 is 2.51 bits per heavy atom. The van der Waals surface area contributed by atoms with Gasteiger partial charge in [0, 0.05) is 56.8 Å². The van der Waals surface area contributed by atoms with Crippen molar-refractivity contribution >= 4 is 17.8 Å². The molecule has 1 saturated carbocycles. The molecule has 8 nitrogen and oxygen atoms in total. The van der Waals surface area contributed by atoms with Gasteiger partial charge in [-0.1, -0.05) is 46.1 Å². The molecule has 1 N–H and O–H groups in total. The highest BCUT2D eigenvalue weighted by Crippen LogP contribution is 2.29. The molecule has 2 aliphatic rings. The smallest absolute Gasteiger partial charge is 0.227 e. The molecule has 2 atom stereocenters. The van der Waals surface area contributed by atoms with E-state index in [2.05, 4.69) is 91.9 Å². The third-order valence-corrected chi connectivity index (χ3v) is 8.97. The number of anilines is 2. The molecule has 2 heterocycles.